The Kier molecular flexibility index (Phi) is 7.08. The van der Waals surface area contributed by atoms with Gasteiger partial charge in [0, 0.05) is 38.8 Å². The molecular weight excluding hydrogens is 389 g/mol. The van der Waals surface area contributed by atoms with Crippen LogP contribution in [0.3, 0.4) is 0 Å². The molecule has 1 spiro atoms. The van der Waals surface area contributed by atoms with Crippen LogP contribution in [0.15, 0.2) is 18.3 Å². The molecule has 1 atom stereocenters. The summed E-state index contributed by atoms with van der Waals surface area (Å²) in [6.07, 6.45) is 4.53. The number of aromatic amines is 1. The first-order chi connectivity index (χ1) is 12.1. The molecule has 0 bridgehead atoms. The van der Waals surface area contributed by atoms with E-state index in [1.807, 2.05) is 18.0 Å². The molecule has 27 heavy (non-hydrogen) atoms. The minimum Gasteiger partial charge on any atom is -0.380 e. The molecule has 1 N–H and O–H groups in total. The highest BCUT2D eigenvalue weighted by atomic mass is 35.5. The Morgan fingerprint density at radius 2 is 2.07 bits per heavy atom. The van der Waals surface area contributed by atoms with E-state index in [9.17, 15) is 4.79 Å². The highest BCUT2D eigenvalue weighted by Crippen LogP contribution is 2.41. The van der Waals surface area contributed by atoms with Crippen LogP contribution in [0.1, 0.15) is 25.0 Å². The zero-order chi connectivity index (χ0) is 17.4. The molecule has 1 unspecified atom stereocenters. The molecule has 2 aliphatic rings. The van der Waals surface area contributed by atoms with Gasteiger partial charge in [0.25, 0.3) is 0 Å². The predicted octanol–water partition coefficient (Wildman–Crippen LogP) is 2.26. The van der Waals surface area contributed by atoms with Crippen LogP contribution >= 0.6 is 24.8 Å². The van der Waals surface area contributed by atoms with Crippen molar-refractivity contribution in [1.29, 1.82) is 0 Å². The molecule has 0 aromatic carbocycles. The number of hydrogen-bond acceptors (Lipinski definition) is 5. The summed E-state index contributed by atoms with van der Waals surface area (Å²) in [5, 5.41) is 8.46. The number of aromatic nitrogens is 3. The fourth-order valence-corrected chi connectivity index (χ4v) is 4.34. The standard InChI is InChI=1S/C18H25N5O2.2ClH/c1-22-11-13(25-2)10-18(17(22)24)5-8-23(9-6-18)12-15-14-4-3-7-19-16(14)21-20-15;;/h3-4,7,13H,5-6,8-12H2,1-2H3,(H,19,20,21);2*1H. The van der Waals surface area contributed by atoms with E-state index in [2.05, 4.69) is 26.1 Å². The van der Waals surface area contributed by atoms with Gasteiger partial charge in [0.15, 0.2) is 5.65 Å². The Labute approximate surface area is 171 Å². The monoisotopic (exact) mass is 415 g/mol. The molecule has 2 aromatic rings. The number of carbonyl (C=O) groups excluding carboxylic acids is 1. The van der Waals surface area contributed by atoms with Crippen molar-refractivity contribution in [2.24, 2.45) is 5.41 Å². The van der Waals surface area contributed by atoms with Crippen molar-refractivity contribution in [1.82, 2.24) is 25.0 Å². The lowest BCUT2D eigenvalue weighted by Gasteiger charge is -2.47. The first kappa shape index (κ1) is 21.9. The summed E-state index contributed by atoms with van der Waals surface area (Å²) in [6, 6.07) is 3.99. The molecule has 1 amide bonds. The number of likely N-dealkylation sites (tertiary alicyclic amines) is 2. The van der Waals surface area contributed by atoms with Gasteiger partial charge >= 0.3 is 0 Å². The number of pyridine rings is 1. The number of nitrogens with one attached hydrogen (secondary N) is 1. The summed E-state index contributed by atoms with van der Waals surface area (Å²) in [7, 11) is 3.64. The lowest BCUT2D eigenvalue weighted by molar-refractivity contribution is -0.156. The molecule has 0 radical (unpaired) electrons. The molecule has 7 nitrogen and oxygen atoms in total. The second-order valence-electron chi connectivity index (χ2n) is 7.38. The molecule has 9 heteroatoms. The summed E-state index contributed by atoms with van der Waals surface area (Å²) in [4.78, 5) is 21.3. The third-order valence-electron chi connectivity index (χ3n) is 5.83. The highest BCUT2D eigenvalue weighted by molar-refractivity contribution is 5.85. The molecule has 2 aromatic heterocycles. The number of methoxy groups -OCH3 is 1. The number of carbonyl (C=O) groups is 1. The van der Waals surface area contributed by atoms with Crippen molar-refractivity contribution in [2.75, 3.05) is 33.8 Å². The number of nitrogens with zero attached hydrogens (tertiary/aromatic N) is 4. The number of fused-ring (bicyclic) bond motifs is 1. The lowest BCUT2D eigenvalue weighted by Crippen LogP contribution is -2.56. The van der Waals surface area contributed by atoms with E-state index in [1.54, 1.807) is 13.3 Å². The maximum atomic E-state index is 12.8. The zero-order valence-corrected chi connectivity index (χ0v) is 17.3. The van der Waals surface area contributed by atoms with Crippen molar-refractivity contribution in [3.63, 3.8) is 0 Å². The van der Waals surface area contributed by atoms with Gasteiger partial charge in [-0.15, -0.1) is 24.8 Å². The third kappa shape index (κ3) is 4.06. The number of amides is 1. The highest BCUT2D eigenvalue weighted by Gasteiger charge is 2.47. The number of likely N-dealkylation sites (N-methyl/N-ethyl adjacent to an activating group) is 1. The third-order valence-corrected chi connectivity index (χ3v) is 5.83. The SMILES string of the molecule is COC1CN(C)C(=O)C2(CCN(Cc3[nH]nc4ncccc34)CC2)C1.Cl.Cl. The number of piperidine rings is 2. The van der Waals surface area contributed by atoms with Crippen molar-refractivity contribution in [3.05, 3.63) is 24.0 Å². The Balaban J connectivity index is 0.00000131. The maximum Gasteiger partial charge on any atom is 0.228 e. The Bertz CT molecular complexity index is 776. The minimum absolute atomic E-state index is 0. The van der Waals surface area contributed by atoms with Gasteiger partial charge in [-0.2, -0.15) is 5.10 Å². The number of H-pyrrole nitrogens is 1. The molecule has 0 aliphatic carbocycles. The smallest absolute Gasteiger partial charge is 0.228 e. The Morgan fingerprint density at radius 3 is 2.78 bits per heavy atom. The second kappa shape index (κ2) is 8.73. The summed E-state index contributed by atoms with van der Waals surface area (Å²) < 4.78 is 5.57. The van der Waals surface area contributed by atoms with Gasteiger partial charge in [-0.1, -0.05) is 0 Å². The van der Waals surface area contributed by atoms with Gasteiger partial charge in [-0.25, -0.2) is 4.98 Å². The number of halogens is 2. The van der Waals surface area contributed by atoms with Gasteiger partial charge in [0.05, 0.1) is 17.2 Å². The van der Waals surface area contributed by atoms with Gasteiger partial charge in [0.1, 0.15) is 0 Å². The number of hydrogen-bond donors (Lipinski definition) is 1. The van der Waals surface area contributed by atoms with Gasteiger partial charge in [0.2, 0.25) is 5.91 Å². The van der Waals surface area contributed by atoms with E-state index in [1.165, 1.54) is 0 Å². The van der Waals surface area contributed by atoms with E-state index in [4.69, 9.17) is 4.74 Å². The normalized spacial score (nSPS) is 22.5. The lowest BCUT2D eigenvalue weighted by atomic mass is 9.71. The summed E-state index contributed by atoms with van der Waals surface area (Å²) in [5.74, 6) is 0.289. The molecule has 4 heterocycles. The van der Waals surface area contributed by atoms with Crippen molar-refractivity contribution < 1.29 is 9.53 Å². The van der Waals surface area contributed by atoms with Crippen LogP contribution < -0.4 is 0 Å². The van der Waals surface area contributed by atoms with E-state index in [-0.39, 0.29) is 42.2 Å². The van der Waals surface area contributed by atoms with Gasteiger partial charge in [-0.3, -0.25) is 14.8 Å². The average molecular weight is 416 g/mol. The molecule has 4 rings (SSSR count). The van der Waals surface area contributed by atoms with Crippen LogP contribution in [0, 0.1) is 5.41 Å². The van der Waals surface area contributed by atoms with E-state index in [0.29, 0.717) is 6.54 Å². The van der Waals surface area contributed by atoms with Crippen LogP contribution in [-0.2, 0) is 16.1 Å². The first-order valence-electron chi connectivity index (χ1n) is 8.90. The largest absolute Gasteiger partial charge is 0.380 e. The second-order valence-corrected chi connectivity index (χ2v) is 7.38. The maximum absolute atomic E-state index is 12.8. The van der Waals surface area contributed by atoms with Crippen molar-refractivity contribution in [3.8, 4) is 0 Å². The average Bonchev–Trinajstić information content (AvgIpc) is 3.04. The minimum atomic E-state index is -0.248. The van der Waals surface area contributed by atoms with E-state index >= 15 is 0 Å². The molecule has 2 saturated heterocycles. The van der Waals surface area contributed by atoms with Crippen LogP contribution in [0.25, 0.3) is 11.0 Å². The zero-order valence-electron chi connectivity index (χ0n) is 15.7. The predicted molar refractivity (Wildman–Crippen MR) is 108 cm³/mol. The first-order valence-corrected chi connectivity index (χ1v) is 8.90. The fraction of sp³-hybridized carbons (Fsp3) is 0.611. The quantitative estimate of drug-likeness (QED) is 0.831. The Morgan fingerprint density at radius 1 is 1.33 bits per heavy atom. The topological polar surface area (TPSA) is 74.3 Å². The molecule has 2 fully saturated rings. The fourth-order valence-electron chi connectivity index (χ4n) is 4.34. The van der Waals surface area contributed by atoms with Crippen LogP contribution in [-0.4, -0.2) is 70.8 Å². The summed E-state index contributed by atoms with van der Waals surface area (Å²) >= 11 is 0. The molecule has 2 aliphatic heterocycles. The van der Waals surface area contributed by atoms with Crippen LogP contribution in [0.4, 0.5) is 0 Å². The van der Waals surface area contributed by atoms with E-state index in [0.717, 1.165) is 55.6 Å². The van der Waals surface area contributed by atoms with Gasteiger partial charge in [-0.05, 0) is 44.5 Å². The van der Waals surface area contributed by atoms with Crippen molar-refractivity contribution >= 4 is 41.8 Å². The van der Waals surface area contributed by atoms with Crippen LogP contribution in [0.5, 0.6) is 0 Å². The van der Waals surface area contributed by atoms with E-state index < -0.39 is 0 Å². The number of rotatable bonds is 3. The van der Waals surface area contributed by atoms with Gasteiger partial charge < -0.3 is 9.64 Å². The van der Waals surface area contributed by atoms with Crippen LogP contribution in [0.2, 0.25) is 0 Å². The molecular formula is C18H27Cl2N5O2. The number of ether oxygens (including phenoxy) is 1. The summed E-state index contributed by atoms with van der Waals surface area (Å²) in [5.41, 5.74) is 1.61. The Hall–Kier alpha value is -1.41. The molecule has 150 valence electrons. The van der Waals surface area contributed by atoms with Crippen molar-refractivity contribution in [2.45, 2.75) is 31.9 Å². The summed E-state index contributed by atoms with van der Waals surface area (Å²) in [6.45, 7) is 3.34. The molecule has 0 saturated carbocycles.